The van der Waals surface area contributed by atoms with Crippen LogP contribution in [-0.4, -0.2) is 17.7 Å². The molecular weight excluding hydrogens is 292 g/mol. The molecule has 2 aromatic carbocycles. The summed E-state index contributed by atoms with van der Waals surface area (Å²) in [5.41, 5.74) is 1.19. The zero-order valence-corrected chi connectivity index (χ0v) is 12.1. The summed E-state index contributed by atoms with van der Waals surface area (Å²) in [6.07, 6.45) is 1.63. The number of hydrogen-bond acceptors (Lipinski definition) is 4. The van der Waals surface area contributed by atoms with E-state index in [1.807, 2.05) is 31.2 Å². The van der Waals surface area contributed by atoms with Crippen LogP contribution in [0.15, 0.2) is 47.5 Å². The van der Waals surface area contributed by atoms with Gasteiger partial charge in [-0.3, -0.25) is 15.1 Å². The van der Waals surface area contributed by atoms with E-state index < -0.39 is 4.92 Å². The van der Waals surface area contributed by atoms with Crippen molar-refractivity contribution in [3.05, 3.63) is 63.2 Å². The van der Waals surface area contributed by atoms with Crippen LogP contribution in [-0.2, 0) is 0 Å². The van der Waals surface area contributed by atoms with Crippen LogP contribution in [0.4, 0.5) is 11.4 Å². The lowest BCUT2D eigenvalue weighted by Gasteiger charge is -2.02. The van der Waals surface area contributed by atoms with Crippen LogP contribution in [0.5, 0.6) is 5.75 Å². The van der Waals surface area contributed by atoms with Crippen molar-refractivity contribution < 1.29 is 9.66 Å². The third-order valence-corrected chi connectivity index (χ3v) is 3.00. The Morgan fingerprint density at radius 3 is 2.62 bits per heavy atom. The Morgan fingerprint density at radius 1 is 1.29 bits per heavy atom. The van der Waals surface area contributed by atoms with E-state index in [4.69, 9.17) is 16.3 Å². The molecule has 0 bridgehead atoms. The number of aliphatic imine (C=N–C) groups is 1. The predicted molar refractivity (Wildman–Crippen MR) is 83.0 cm³/mol. The van der Waals surface area contributed by atoms with Gasteiger partial charge in [0.25, 0.3) is 5.69 Å². The van der Waals surface area contributed by atoms with Gasteiger partial charge < -0.3 is 4.74 Å². The summed E-state index contributed by atoms with van der Waals surface area (Å²) in [7, 11) is 0. The number of rotatable bonds is 5. The zero-order chi connectivity index (χ0) is 15.2. The van der Waals surface area contributed by atoms with Gasteiger partial charge in [0, 0.05) is 12.3 Å². The highest BCUT2D eigenvalue weighted by Crippen LogP contribution is 2.28. The van der Waals surface area contributed by atoms with Crippen LogP contribution in [0.1, 0.15) is 12.5 Å². The van der Waals surface area contributed by atoms with Crippen LogP contribution in [0.25, 0.3) is 0 Å². The summed E-state index contributed by atoms with van der Waals surface area (Å²) >= 11 is 5.75. The minimum absolute atomic E-state index is 0.0972. The first kappa shape index (κ1) is 15.0. The largest absolute Gasteiger partial charge is 0.494 e. The highest BCUT2D eigenvalue weighted by molar-refractivity contribution is 6.32. The molecule has 6 heteroatoms. The molecule has 0 aliphatic rings. The van der Waals surface area contributed by atoms with Crippen LogP contribution in [0, 0.1) is 10.1 Å². The van der Waals surface area contributed by atoms with Gasteiger partial charge in [-0.1, -0.05) is 11.6 Å². The van der Waals surface area contributed by atoms with E-state index in [0.29, 0.717) is 12.3 Å². The van der Waals surface area contributed by atoms with Crippen molar-refractivity contribution in [1.82, 2.24) is 0 Å². The molecule has 2 aromatic rings. The van der Waals surface area contributed by atoms with Gasteiger partial charge in [-0.15, -0.1) is 0 Å². The molecule has 0 aliphatic carbocycles. The zero-order valence-electron chi connectivity index (χ0n) is 11.3. The van der Waals surface area contributed by atoms with Crippen molar-refractivity contribution in [1.29, 1.82) is 0 Å². The molecule has 0 heterocycles. The van der Waals surface area contributed by atoms with E-state index in [9.17, 15) is 10.1 Å². The summed E-state index contributed by atoms with van der Waals surface area (Å²) in [6.45, 7) is 2.53. The average Bonchev–Trinajstić information content (AvgIpc) is 2.48. The second-order valence-corrected chi connectivity index (χ2v) is 4.56. The SMILES string of the molecule is CCOc1ccc(C=Nc2ccc(Cl)c([N+](=O)[O-])c2)cc1. The summed E-state index contributed by atoms with van der Waals surface area (Å²) in [5.74, 6) is 0.789. The highest BCUT2D eigenvalue weighted by Gasteiger charge is 2.11. The standard InChI is InChI=1S/C15H13ClN2O3/c1-2-21-13-6-3-11(4-7-13)10-17-12-5-8-14(16)15(9-12)18(19)20/h3-10H,2H2,1H3. The summed E-state index contributed by atoms with van der Waals surface area (Å²) in [4.78, 5) is 14.5. The van der Waals surface area contributed by atoms with E-state index in [-0.39, 0.29) is 10.7 Å². The lowest BCUT2D eigenvalue weighted by atomic mass is 10.2. The van der Waals surface area contributed by atoms with Gasteiger partial charge >= 0.3 is 0 Å². The molecule has 0 aliphatic heterocycles. The lowest BCUT2D eigenvalue weighted by Crippen LogP contribution is -1.91. The van der Waals surface area contributed by atoms with Crippen LogP contribution in [0.2, 0.25) is 5.02 Å². The molecule has 2 rings (SSSR count). The fourth-order valence-electron chi connectivity index (χ4n) is 1.69. The molecule has 5 nitrogen and oxygen atoms in total. The highest BCUT2D eigenvalue weighted by atomic mass is 35.5. The number of halogens is 1. The molecule has 0 saturated carbocycles. The molecule has 0 spiro atoms. The predicted octanol–water partition coefficient (Wildman–Crippen LogP) is 4.40. The van der Waals surface area contributed by atoms with Crippen molar-refractivity contribution in [2.45, 2.75) is 6.92 Å². The fraction of sp³-hybridized carbons (Fsp3) is 0.133. The number of nitrogens with zero attached hydrogens (tertiary/aromatic N) is 2. The third kappa shape index (κ3) is 4.03. The van der Waals surface area contributed by atoms with Gasteiger partial charge in [-0.05, 0) is 48.9 Å². The van der Waals surface area contributed by atoms with Gasteiger partial charge in [0.05, 0.1) is 17.2 Å². The molecule has 0 N–H and O–H groups in total. The molecule has 0 atom stereocenters. The normalized spacial score (nSPS) is 10.8. The number of nitro benzene ring substituents is 1. The van der Waals surface area contributed by atoms with E-state index in [1.54, 1.807) is 12.3 Å². The first-order chi connectivity index (χ1) is 10.1. The Labute approximate surface area is 127 Å². The van der Waals surface area contributed by atoms with Gasteiger partial charge in [0.2, 0.25) is 0 Å². The Kier molecular flexibility index (Phi) is 4.90. The topological polar surface area (TPSA) is 64.7 Å². The summed E-state index contributed by atoms with van der Waals surface area (Å²) < 4.78 is 5.34. The van der Waals surface area contributed by atoms with Gasteiger partial charge in [-0.2, -0.15) is 0 Å². The van der Waals surface area contributed by atoms with Gasteiger partial charge in [0.15, 0.2) is 0 Å². The lowest BCUT2D eigenvalue weighted by molar-refractivity contribution is -0.384. The monoisotopic (exact) mass is 304 g/mol. The van der Waals surface area contributed by atoms with E-state index in [0.717, 1.165) is 11.3 Å². The van der Waals surface area contributed by atoms with E-state index in [1.165, 1.54) is 12.1 Å². The van der Waals surface area contributed by atoms with Crippen LogP contribution >= 0.6 is 11.6 Å². The Balaban J connectivity index is 2.17. The summed E-state index contributed by atoms with van der Waals surface area (Å²) in [6, 6.07) is 11.8. The fourth-order valence-corrected chi connectivity index (χ4v) is 1.87. The smallest absolute Gasteiger partial charge is 0.290 e. The maximum atomic E-state index is 10.8. The molecule has 0 amide bonds. The van der Waals surface area contributed by atoms with Crippen molar-refractivity contribution in [2.24, 2.45) is 4.99 Å². The maximum Gasteiger partial charge on any atom is 0.290 e. The average molecular weight is 305 g/mol. The quantitative estimate of drug-likeness (QED) is 0.467. The summed E-state index contributed by atoms with van der Waals surface area (Å²) in [5, 5.41) is 10.9. The molecule has 108 valence electrons. The molecule has 0 aromatic heterocycles. The minimum atomic E-state index is -0.530. The first-order valence-corrected chi connectivity index (χ1v) is 6.69. The van der Waals surface area contributed by atoms with Gasteiger partial charge in [-0.25, -0.2) is 0 Å². The molecule has 0 radical (unpaired) electrons. The number of ether oxygens (including phenoxy) is 1. The molecular formula is C15H13ClN2O3. The van der Waals surface area contributed by atoms with Crippen molar-refractivity contribution in [3.63, 3.8) is 0 Å². The molecule has 0 unspecified atom stereocenters. The maximum absolute atomic E-state index is 10.8. The Hall–Kier alpha value is -2.40. The molecule has 0 fully saturated rings. The molecule has 21 heavy (non-hydrogen) atoms. The first-order valence-electron chi connectivity index (χ1n) is 6.31. The number of benzene rings is 2. The third-order valence-electron chi connectivity index (χ3n) is 2.68. The second kappa shape index (κ2) is 6.85. The Morgan fingerprint density at radius 2 is 2.00 bits per heavy atom. The van der Waals surface area contributed by atoms with Crippen molar-refractivity contribution >= 4 is 29.2 Å². The van der Waals surface area contributed by atoms with Gasteiger partial charge in [0.1, 0.15) is 10.8 Å². The van der Waals surface area contributed by atoms with E-state index in [2.05, 4.69) is 4.99 Å². The van der Waals surface area contributed by atoms with Crippen molar-refractivity contribution in [2.75, 3.05) is 6.61 Å². The van der Waals surface area contributed by atoms with Crippen LogP contribution in [0.3, 0.4) is 0 Å². The number of nitro groups is 1. The molecule has 0 saturated heterocycles. The minimum Gasteiger partial charge on any atom is -0.494 e. The van der Waals surface area contributed by atoms with E-state index >= 15 is 0 Å². The second-order valence-electron chi connectivity index (χ2n) is 4.15. The number of hydrogen-bond donors (Lipinski definition) is 0. The van der Waals surface area contributed by atoms with Crippen LogP contribution < -0.4 is 4.74 Å². The Bertz CT molecular complexity index is 669. The van der Waals surface area contributed by atoms with Crippen molar-refractivity contribution in [3.8, 4) is 5.75 Å².